The molecule has 0 aromatic heterocycles. The van der Waals surface area contributed by atoms with Crippen molar-refractivity contribution in [1.82, 2.24) is 10.6 Å². The van der Waals surface area contributed by atoms with Gasteiger partial charge in [-0.3, -0.25) is 9.59 Å². The van der Waals surface area contributed by atoms with Gasteiger partial charge in [0.2, 0.25) is 5.91 Å². The standard InChI is InChI=1S/C20H23N3O2S/c1-2-3-13-21-19(25)16-11-7-8-12-17(16)22-20(26)23-18(24)14-15-9-5-4-6-10-15/h4-12H,2-3,13-14H2,1H3,(H,21,25)(H2,22,23,24,26). The normalized spacial score (nSPS) is 10.0. The van der Waals surface area contributed by atoms with Gasteiger partial charge in [-0.25, -0.2) is 0 Å². The number of para-hydroxylation sites is 1. The lowest BCUT2D eigenvalue weighted by molar-refractivity contribution is -0.119. The van der Waals surface area contributed by atoms with E-state index in [1.165, 1.54) is 0 Å². The molecular formula is C20H23N3O2S. The molecule has 2 aromatic rings. The Morgan fingerprint density at radius 3 is 2.42 bits per heavy atom. The Morgan fingerprint density at radius 2 is 1.69 bits per heavy atom. The summed E-state index contributed by atoms with van der Waals surface area (Å²) in [5.41, 5.74) is 1.96. The van der Waals surface area contributed by atoms with Crippen molar-refractivity contribution in [3.8, 4) is 0 Å². The molecule has 0 atom stereocenters. The van der Waals surface area contributed by atoms with Crippen LogP contribution < -0.4 is 16.0 Å². The van der Waals surface area contributed by atoms with Crippen LogP contribution in [0.15, 0.2) is 54.6 Å². The first-order valence-corrected chi connectivity index (χ1v) is 9.03. The number of unbranched alkanes of at least 4 members (excludes halogenated alkanes) is 1. The van der Waals surface area contributed by atoms with Crippen LogP contribution in [-0.2, 0) is 11.2 Å². The van der Waals surface area contributed by atoms with E-state index in [4.69, 9.17) is 12.2 Å². The van der Waals surface area contributed by atoms with Crippen molar-refractivity contribution in [3.05, 3.63) is 65.7 Å². The number of amides is 2. The molecule has 0 aliphatic rings. The van der Waals surface area contributed by atoms with E-state index in [0.29, 0.717) is 17.8 Å². The van der Waals surface area contributed by atoms with Crippen molar-refractivity contribution >= 4 is 34.8 Å². The summed E-state index contributed by atoms with van der Waals surface area (Å²) in [7, 11) is 0. The SMILES string of the molecule is CCCCNC(=O)c1ccccc1NC(=S)NC(=O)Cc1ccccc1. The molecule has 0 saturated carbocycles. The summed E-state index contributed by atoms with van der Waals surface area (Å²) in [5.74, 6) is -0.376. The van der Waals surface area contributed by atoms with Crippen molar-refractivity contribution < 1.29 is 9.59 Å². The van der Waals surface area contributed by atoms with Gasteiger partial charge in [0.05, 0.1) is 17.7 Å². The number of anilines is 1. The van der Waals surface area contributed by atoms with E-state index in [2.05, 4.69) is 22.9 Å². The fourth-order valence-electron chi connectivity index (χ4n) is 2.37. The Labute approximate surface area is 159 Å². The lowest BCUT2D eigenvalue weighted by atomic mass is 10.1. The van der Waals surface area contributed by atoms with E-state index in [-0.39, 0.29) is 23.3 Å². The number of thiocarbonyl (C=S) groups is 1. The maximum absolute atomic E-state index is 12.3. The first-order chi connectivity index (χ1) is 12.6. The van der Waals surface area contributed by atoms with Crippen LogP contribution in [0.3, 0.4) is 0 Å². The van der Waals surface area contributed by atoms with Crippen LogP contribution in [0.2, 0.25) is 0 Å². The molecule has 0 aliphatic carbocycles. The number of rotatable bonds is 7. The van der Waals surface area contributed by atoms with Crippen LogP contribution in [0.4, 0.5) is 5.69 Å². The zero-order valence-corrected chi connectivity index (χ0v) is 15.6. The van der Waals surface area contributed by atoms with Gasteiger partial charge in [-0.05, 0) is 36.3 Å². The number of carbonyl (C=O) groups excluding carboxylic acids is 2. The number of carbonyl (C=O) groups is 2. The quantitative estimate of drug-likeness (QED) is 0.517. The second-order valence-electron chi connectivity index (χ2n) is 5.82. The molecule has 0 fully saturated rings. The van der Waals surface area contributed by atoms with Gasteiger partial charge < -0.3 is 16.0 Å². The summed E-state index contributed by atoms with van der Waals surface area (Å²) >= 11 is 5.21. The molecule has 6 heteroatoms. The third-order valence-corrected chi connectivity index (χ3v) is 3.90. The molecule has 0 radical (unpaired) electrons. The lowest BCUT2D eigenvalue weighted by Crippen LogP contribution is -2.36. The van der Waals surface area contributed by atoms with Gasteiger partial charge in [0, 0.05) is 6.54 Å². The molecule has 0 saturated heterocycles. The molecule has 0 unspecified atom stereocenters. The van der Waals surface area contributed by atoms with Crippen LogP contribution in [-0.4, -0.2) is 23.5 Å². The maximum Gasteiger partial charge on any atom is 0.253 e. The molecule has 2 amide bonds. The van der Waals surface area contributed by atoms with E-state index >= 15 is 0 Å². The zero-order chi connectivity index (χ0) is 18.8. The number of hydrogen-bond acceptors (Lipinski definition) is 3. The molecule has 26 heavy (non-hydrogen) atoms. The monoisotopic (exact) mass is 369 g/mol. The molecule has 136 valence electrons. The van der Waals surface area contributed by atoms with Crippen LogP contribution >= 0.6 is 12.2 Å². The summed E-state index contributed by atoms with van der Waals surface area (Å²) in [5, 5.41) is 8.63. The largest absolute Gasteiger partial charge is 0.352 e. The maximum atomic E-state index is 12.3. The second-order valence-corrected chi connectivity index (χ2v) is 6.23. The van der Waals surface area contributed by atoms with Gasteiger partial charge in [0.15, 0.2) is 5.11 Å². The molecule has 0 bridgehead atoms. The first kappa shape index (κ1) is 19.6. The minimum absolute atomic E-state index is 0.166. The van der Waals surface area contributed by atoms with E-state index in [9.17, 15) is 9.59 Å². The Morgan fingerprint density at radius 1 is 1.00 bits per heavy atom. The van der Waals surface area contributed by atoms with E-state index < -0.39 is 0 Å². The Bertz CT molecular complexity index is 763. The molecule has 5 nitrogen and oxygen atoms in total. The van der Waals surface area contributed by atoms with E-state index in [0.717, 1.165) is 18.4 Å². The summed E-state index contributed by atoms with van der Waals surface area (Å²) in [4.78, 5) is 24.4. The average Bonchev–Trinajstić information content (AvgIpc) is 2.63. The molecular weight excluding hydrogens is 346 g/mol. The molecule has 2 rings (SSSR count). The highest BCUT2D eigenvalue weighted by Gasteiger charge is 2.12. The van der Waals surface area contributed by atoms with Crippen LogP contribution in [0.25, 0.3) is 0 Å². The fraction of sp³-hybridized carbons (Fsp3) is 0.250. The van der Waals surface area contributed by atoms with Crippen molar-refractivity contribution in [2.45, 2.75) is 26.2 Å². The Balaban J connectivity index is 1.94. The minimum atomic E-state index is -0.210. The molecule has 3 N–H and O–H groups in total. The molecule has 0 aliphatic heterocycles. The molecule has 0 heterocycles. The highest BCUT2D eigenvalue weighted by molar-refractivity contribution is 7.80. The van der Waals surface area contributed by atoms with Gasteiger partial charge in [-0.15, -0.1) is 0 Å². The number of nitrogens with one attached hydrogen (secondary N) is 3. The minimum Gasteiger partial charge on any atom is -0.352 e. The Kier molecular flexibility index (Phi) is 7.76. The molecule has 0 spiro atoms. The van der Waals surface area contributed by atoms with Crippen LogP contribution in [0, 0.1) is 0 Å². The van der Waals surface area contributed by atoms with Crippen LogP contribution in [0.1, 0.15) is 35.7 Å². The van der Waals surface area contributed by atoms with Crippen molar-refractivity contribution in [1.29, 1.82) is 0 Å². The van der Waals surface area contributed by atoms with Gasteiger partial charge in [-0.1, -0.05) is 55.8 Å². The molecule has 2 aromatic carbocycles. The third kappa shape index (κ3) is 6.29. The van der Waals surface area contributed by atoms with Gasteiger partial charge in [-0.2, -0.15) is 0 Å². The Hall–Kier alpha value is -2.73. The predicted octanol–water partition coefficient (Wildman–Crippen LogP) is 3.27. The predicted molar refractivity (Wildman–Crippen MR) is 108 cm³/mol. The van der Waals surface area contributed by atoms with E-state index in [1.54, 1.807) is 24.3 Å². The van der Waals surface area contributed by atoms with Crippen LogP contribution in [0.5, 0.6) is 0 Å². The summed E-state index contributed by atoms with van der Waals surface area (Å²) in [6.07, 6.45) is 2.18. The van der Waals surface area contributed by atoms with Crippen molar-refractivity contribution in [2.75, 3.05) is 11.9 Å². The highest BCUT2D eigenvalue weighted by atomic mass is 32.1. The van der Waals surface area contributed by atoms with Crippen molar-refractivity contribution in [3.63, 3.8) is 0 Å². The average molecular weight is 369 g/mol. The third-order valence-electron chi connectivity index (χ3n) is 3.70. The van der Waals surface area contributed by atoms with Gasteiger partial charge in [0.1, 0.15) is 0 Å². The fourth-order valence-corrected chi connectivity index (χ4v) is 2.59. The second kappa shape index (κ2) is 10.3. The zero-order valence-electron chi connectivity index (χ0n) is 14.7. The topological polar surface area (TPSA) is 70.2 Å². The van der Waals surface area contributed by atoms with E-state index in [1.807, 2.05) is 30.3 Å². The van der Waals surface area contributed by atoms with Gasteiger partial charge >= 0.3 is 0 Å². The van der Waals surface area contributed by atoms with Crippen molar-refractivity contribution in [2.24, 2.45) is 0 Å². The number of hydrogen-bond donors (Lipinski definition) is 3. The first-order valence-electron chi connectivity index (χ1n) is 8.62. The lowest BCUT2D eigenvalue weighted by Gasteiger charge is -2.13. The smallest absolute Gasteiger partial charge is 0.253 e. The summed E-state index contributed by atoms with van der Waals surface area (Å²) < 4.78 is 0. The highest BCUT2D eigenvalue weighted by Crippen LogP contribution is 2.15. The number of benzene rings is 2. The summed E-state index contributed by atoms with van der Waals surface area (Å²) in [6, 6.07) is 16.5. The van der Waals surface area contributed by atoms with Gasteiger partial charge in [0.25, 0.3) is 5.91 Å². The summed E-state index contributed by atoms with van der Waals surface area (Å²) in [6.45, 7) is 2.69.